The lowest BCUT2D eigenvalue weighted by Gasteiger charge is -2.09. The number of aliphatic carboxylic acids is 1. The van der Waals surface area contributed by atoms with E-state index in [0.29, 0.717) is 13.0 Å². The third kappa shape index (κ3) is 4.44. The number of carboxylic acid groups (broad SMARTS) is 1. The molecule has 0 spiro atoms. The minimum absolute atomic E-state index is 0.118. The van der Waals surface area contributed by atoms with Gasteiger partial charge in [0.15, 0.2) is 0 Å². The molecule has 0 saturated carbocycles. The maximum absolute atomic E-state index is 11.3. The van der Waals surface area contributed by atoms with E-state index in [0.717, 1.165) is 5.69 Å². The van der Waals surface area contributed by atoms with Crippen molar-refractivity contribution in [3.05, 3.63) is 18.0 Å². The highest BCUT2D eigenvalue weighted by Gasteiger charge is 2.11. The Balaban J connectivity index is 2.18. The van der Waals surface area contributed by atoms with Crippen LogP contribution in [0.1, 0.15) is 12.6 Å². The van der Waals surface area contributed by atoms with Gasteiger partial charge in [0, 0.05) is 38.4 Å². The number of nitrogens with zero attached hydrogens (tertiary/aromatic N) is 2. The number of aryl methyl sites for hydroxylation is 1. The molecule has 0 aliphatic heterocycles. The molecule has 0 radical (unpaired) electrons. The zero-order chi connectivity index (χ0) is 13.5. The predicted octanol–water partition coefficient (Wildman–Crippen LogP) is -0.0175. The molecule has 18 heavy (non-hydrogen) atoms. The molecule has 7 nitrogen and oxygen atoms in total. The highest BCUT2D eigenvalue weighted by molar-refractivity contribution is 5.75. The molecule has 100 valence electrons. The van der Waals surface area contributed by atoms with Crippen LogP contribution in [0, 0.1) is 5.92 Å². The number of carboxylic acids is 1. The van der Waals surface area contributed by atoms with Gasteiger partial charge >= 0.3 is 12.0 Å². The first-order chi connectivity index (χ1) is 8.50. The van der Waals surface area contributed by atoms with Crippen molar-refractivity contribution >= 4 is 12.0 Å². The Morgan fingerprint density at radius 1 is 1.50 bits per heavy atom. The van der Waals surface area contributed by atoms with Crippen molar-refractivity contribution in [1.29, 1.82) is 0 Å². The largest absolute Gasteiger partial charge is 0.481 e. The van der Waals surface area contributed by atoms with Crippen molar-refractivity contribution in [3.63, 3.8) is 0 Å². The first kappa shape index (κ1) is 14.0. The topological polar surface area (TPSA) is 96.3 Å². The number of aromatic nitrogens is 2. The van der Waals surface area contributed by atoms with E-state index < -0.39 is 11.9 Å². The highest BCUT2D eigenvalue weighted by Crippen LogP contribution is 1.96. The highest BCUT2D eigenvalue weighted by atomic mass is 16.4. The van der Waals surface area contributed by atoms with Crippen LogP contribution in [0.25, 0.3) is 0 Å². The molecule has 1 unspecified atom stereocenters. The number of carbonyl (C=O) groups is 2. The van der Waals surface area contributed by atoms with E-state index in [1.807, 2.05) is 13.1 Å². The summed E-state index contributed by atoms with van der Waals surface area (Å²) in [5, 5.41) is 17.8. The molecule has 0 aliphatic carbocycles. The minimum atomic E-state index is -0.926. The molecule has 1 rings (SSSR count). The summed E-state index contributed by atoms with van der Waals surface area (Å²) < 4.78 is 1.74. The van der Waals surface area contributed by atoms with E-state index in [1.54, 1.807) is 10.9 Å². The summed E-state index contributed by atoms with van der Waals surface area (Å²) in [5.41, 5.74) is 1.02. The van der Waals surface area contributed by atoms with Crippen LogP contribution in [0.4, 0.5) is 4.79 Å². The van der Waals surface area contributed by atoms with Gasteiger partial charge in [-0.15, -0.1) is 0 Å². The molecule has 2 amide bonds. The Kier molecular flexibility index (Phi) is 5.16. The number of nitrogens with one attached hydrogen (secondary N) is 2. The average molecular weight is 254 g/mol. The fourth-order valence-corrected chi connectivity index (χ4v) is 1.35. The molecule has 1 atom stereocenters. The van der Waals surface area contributed by atoms with Gasteiger partial charge in [0.05, 0.1) is 5.92 Å². The molecule has 1 aromatic heterocycles. The van der Waals surface area contributed by atoms with Gasteiger partial charge in [-0.05, 0) is 6.07 Å². The second kappa shape index (κ2) is 6.63. The van der Waals surface area contributed by atoms with E-state index in [1.165, 1.54) is 6.92 Å². The van der Waals surface area contributed by atoms with Gasteiger partial charge in [-0.3, -0.25) is 9.48 Å². The molecule has 0 fully saturated rings. The van der Waals surface area contributed by atoms with Crippen molar-refractivity contribution in [2.75, 3.05) is 13.1 Å². The molecular formula is C11H18N4O3. The molecule has 3 N–H and O–H groups in total. The van der Waals surface area contributed by atoms with Gasteiger partial charge in [-0.25, -0.2) is 4.79 Å². The molecule has 1 heterocycles. The molecule has 0 aromatic carbocycles. The van der Waals surface area contributed by atoms with E-state index in [4.69, 9.17) is 5.11 Å². The molecule has 1 aromatic rings. The van der Waals surface area contributed by atoms with Crippen LogP contribution in [-0.2, 0) is 18.3 Å². The van der Waals surface area contributed by atoms with E-state index in [-0.39, 0.29) is 12.6 Å². The SMILES string of the molecule is CC(CNC(=O)NCCc1ccnn1C)C(=O)O. The lowest BCUT2D eigenvalue weighted by molar-refractivity contribution is -0.140. The quantitative estimate of drug-likeness (QED) is 0.665. The smallest absolute Gasteiger partial charge is 0.314 e. The number of urea groups is 1. The number of rotatable bonds is 6. The number of carbonyl (C=O) groups excluding carboxylic acids is 1. The van der Waals surface area contributed by atoms with Gasteiger partial charge in [0.2, 0.25) is 0 Å². The third-order valence-electron chi connectivity index (χ3n) is 2.58. The minimum Gasteiger partial charge on any atom is -0.481 e. The summed E-state index contributed by atoms with van der Waals surface area (Å²) in [4.78, 5) is 21.9. The normalized spacial score (nSPS) is 11.9. The number of amides is 2. The lowest BCUT2D eigenvalue weighted by Crippen LogP contribution is -2.40. The lowest BCUT2D eigenvalue weighted by atomic mass is 10.2. The maximum atomic E-state index is 11.3. The standard InChI is InChI=1S/C11H18N4O3/c1-8(10(16)17)7-13-11(18)12-5-3-9-4-6-14-15(9)2/h4,6,8H,3,5,7H2,1-2H3,(H,16,17)(H2,12,13,18). The molecule has 0 bridgehead atoms. The second-order valence-electron chi connectivity index (χ2n) is 4.07. The Bertz CT molecular complexity index is 416. The van der Waals surface area contributed by atoms with Gasteiger partial charge in [-0.2, -0.15) is 5.10 Å². The maximum Gasteiger partial charge on any atom is 0.314 e. The van der Waals surface area contributed by atoms with Crippen LogP contribution in [0.15, 0.2) is 12.3 Å². The van der Waals surface area contributed by atoms with Crippen LogP contribution in [0.5, 0.6) is 0 Å². The third-order valence-corrected chi connectivity index (χ3v) is 2.58. The summed E-state index contributed by atoms with van der Waals surface area (Å²) in [5.74, 6) is -1.52. The zero-order valence-corrected chi connectivity index (χ0v) is 10.5. The van der Waals surface area contributed by atoms with Crippen molar-refractivity contribution in [1.82, 2.24) is 20.4 Å². The van der Waals surface area contributed by atoms with Crippen molar-refractivity contribution in [2.45, 2.75) is 13.3 Å². The van der Waals surface area contributed by atoms with Crippen LogP contribution in [0.3, 0.4) is 0 Å². The number of hydrogen-bond donors (Lipinski definition) is 3. The Morgan fingerprint density at radius 3 is 2.78 bits per heavy atom. The van der Waals surface area contributed by atoms with E-state index in [9.17, 15) is 9.59 Å². The van der Waals surface area contributed by atoms with Gasteiger partial charge in [0.1, 0.15) is 0 Å². The fourth-order valence-electron chi connectivity index (χ4n) is 1.35. The summed E-state index contributed by atoms with van der Waals surface area (Å²) >= 11 is 0. The van der Waals surface area contributed by atoms with Gasteiger partial charge < -0.3 is 15.7 Å². The molecule has 7 heteroatoms. The van der Waals surface area contributed by atoms with Gasteiger partial charge in [-0.1, -0.05) is 6.92 Å². The van der Waals surface area contributed by atoms with Crippen LogP contribution in [-0.4, -0.2) is 40.0 Å². The fraction of sp³-hybridized carbons (Fsp3) is 0.545. The first-order valence-corrected chi connectivity index (χ1v) is 5.72. The van der Waals surface area contributed by atoms with Crippen molar-refractivity contribution in [2.24, 2.45) is 13.0 Å². The first-order valence-electron chi connectivity index (χ1n) is 5.72. The van der Waals surface area contributed by atoms with E-state index in [2.05, 4.69) is 15.7 Å². The van der Waals surface area contributed by atoms with Crippen LogP contribution in [0.2, 0.25) is 0 Å². The van der Waals surface area contributed by atoms with Crippen LogP contribution >= 0.6 is 0 Å². The number of hydrogen-bond acceptors (Lipinski definition) is 3. The predicted molar refractivity (Wildman–Crippen MR) is 65.1 cm³/mol. The summed E-state index contributed by atoms with van der Waals surface area (Å²) in [6.45, 7) is 2.14. The molecular weight excluding hydrogens is 236 g/mol. The second-order valence-corrected chi connectivity index (χ2v) is 4.07. The summed E-state index contributed by atoms with van der Waals surface area (Å²) in [6, 6.07) is 1.52. The Hall–Kier alpha value is -2.05. The van der Waals surface area contributed by atoms with E-state index >= 15 is 0 Å². The zero-order valence-electron chi connectivity index (χ0n) is 10.5. The van der Waals surface area contributed by atoms with Crippen molar-refractivity contribution < 1.29 is 14.7 Å². The summed E-state index contributed by atoms with van der Waals surface area (Å²) in [6.07, 6.45) is 2.38. The molecule has 0 aliphatic rings. The summed E-state index contributed by atoms with van der Waals surface area (Å²) in [7, 11) is 1.84. The monoisotopic (exact) mass is 254 g/mol. The molecule has 0 saturated heterocycles. The van der Waals surface area contributed by atoms with Gasteiger partial charge in [0.25, 0.3) is 0 Å². The van der Waals surface area contributed by atoms with Crippen LogP contribution < -0.4 is 10.6 Å². The average Bonchev–Trinajstić information content (AvgIpc) is 2.72. The van der Waals surface area contributed by atoms with Crippen molar-refractivity contribution in [3.8, 4) is 0 Å². The Morgan fingerprint density at radius 2 is 2.22 bits per heavy atom. The Labute approximate surface area is 105 Å².